The molecular weight excluding hydrogens is 182 g/mol. The molecule has 2 N–H and O–H groups in total. The van der Waals surface area contributed by atoms with Crippen LogP contribution in [0.3, 0.4) is 0 Å². The zero-order chi connectivity index (χ0) is 10.8. The summed E-state index contributed by atoms with van der Waals surface area (Å²) in [6, 6.07) is 0. The van der Waals surface area contributed by atoms with Gasteiger partial charge >= 0.3 is 5.97 Å². The van der Waals surface area contributed by atoms with Gasteiger partial charge in [-0.1, -0.05) is 13.8 Å². The van der Waals surface area contributed by atoms with Crippen molar-refractivity contribution in [3.8, 4) is 0 Å². The molecule has 0 aliphatic carbocycles. The van der Waals surface area contributed by atoms with Crippen LogP contribution in [0.4, 0.5) is 0 Å². The predicted octanol–water partition coefficient (Wildman–Crippen LogP) is 0.941. The van der Waals surface area contributed by atoms with Gasteiger partial charge in [-0.3, -0.25) is 0 Å². The molecule has 4 heteroatoms. The van der Waals surface area contributed by atoms with E-state index in [2.05, 4.69) is 13.8 Å². The van der Waals surface area contributed by atoms with Crippen LogP contribution in [-0.4, -0.2) is 32.3 Å². The van der Waals surface area contributed by atoms with Crippen LogP contribution in [0.2, 0.25) is 0 Å². The second-order valence-corrected chi connectivity index (χ2v) is 3.60. The van der Waals surface area contributed by atoms with Gasteiger partial charge in [-0.15, -0.1) is 0 Å². The van der Waals surface area contributed by atoms with Gasteiger partial charge in [0.1, 0.15) is 6.61 Å². The summed E-state index contributed by atoms with van der Waals surface area (Å²) >= 11 is 0. The summed E-state index contributed by atoms with van der Waals surface area (Å²) in [5.41, 5.74) is 5.19. The van der Waals surface area contributed by atoms with E-state index in [1.807, 2.05) is 0 Å². The smallest absolute Gasteiger partial charge is 0.332 e. The lowest BCUT2D eigenvalue weighted by molar-refractivity contribution is -0.149. The quantitative estimate of drug-likeness (QED) is 0.471. The van der Waals surface area contributed by atoms with E-state index in [9.17, 15) is 4.79 Å². The van der Waals surface area contributed by atoms with E-state index < -0.39 is 0 Å². The van der Waals surface area contributed by atoms with Gasteiger partial charge in [0.2, 0.25) is 0 Å². The summed E-state index contributed by atoms with van der Waals surface area (Å²) in [5.74, 6) is 0.351. The average molecular weight is 203 g/mol. The Labute approximate surface area is 85.8 Å². The molecule has 0 spiro atoms. The fraction of sp³-hybridized carbons (Fsp3) is 0.900. The number of nitrogens with two attached hydrogens (primary N) is 1. The Morgan fingerprint density at radius 1 is 1.36 bits per heavy atom. The lowest BCUT2D eigenvalue weighted by atomic mass is 10.1. The summed E-state index contributed by atoms with van der Waals surface area (Å²) in [6.07, 6.45) is 2.00. The fourth-order valence-electron chi connectivity index (χ4n) is 0.958. The van der Waals surface area contributed by atoms with E-state index in [1.165, 1.54) is 0 Å². The van der Waals surface area contributed by atoms with E-state index >= 15 is 0 Å². The standard InChI is InChI=1S/C10H21NO3/c1-9(2)4-3-6-14-10(12)8-13-7-5-11/h9H,3-8,11H2,1-2H3. The van der Waals surface area contributed by atoms with Crippen molar-refractivity contribution in [1.29, 1.82) is 0 Å². The molecule has 0 unspecified atom stereocenters. The van der Waals surface area contributed by atoms with Crippen LogP contribution in [0.5, 0.6) is 0 Å². The van der Waals surface area contributed by atoms with E-state index in [0.29, 0.717) is 25.7 Å². The van der Waals surface area contributed by atoms with Crippen LogP contribution in [0.25, 0.3) is 0 Å². The summed E-state index contributed by atoms with van der Waals surface area (Å²) < 4.78 is 9.86. The molecule has 0 aromatic rings. The van der Waals surface area contributed by atoms with E-state index in [0.717, 1.165) is 12.8 Å². The molecule has 0 radical (unpaired) electrons. The van der Waals surface area contributed by atoms with Crippen LogP contribution < -0.4 is 5.73 Å². The molecule has 0 aliphatic heterocycles. The van der Waals surface area contributed by atoms with Crippen molar-refractivity contribution in [2.24, 2.45) is 11.7 Å². The first-order valence-corrected chi connectivity index (χ1v) is 5.10. The molecule has 0 aromatic heterocycles. The Kier molecular flexibility index (Phi) is 8.57. The molecule has 4 nitrogen and oxygen atoms in total. The Morgan fingerprint density at radius 2 is 2.07 bits per heavy atom. The van der Waals surface area contributed by atoms with Crippen molar-refractivity contribution >= 4 is 5.97 Å². The van der Waals surface area contributed by atoms with Gasteiger partial charge in [0.15, 0.2) is 0 Å². The zero-order valence-corrected chi connectivity index (χ0v) is 9.12. The summed E-state index contributed by atoms with van der Waals surface area (Å²) in [4.78, 5) is 11.0. The second-order valence-electron chi connectivity index (χ2n) is 3.60. The highest BCUT2D eigenvalue weighted by Crippen LogP contribution is 2.03. The van der Waals surface area contributed by atoms with Crippen molar-refractivity contribution < 1.29 is 14.3 Å². The molecule has 0 aliphatic rings. The van der Waals surface area contributed by atoms with Crippen molar-refractivity contribution in [2.75, 3.05) is 26.4 Å². The first kappa shape index (κ1) is 13.4. The first-order chi connectivity index (χ1) is 6.66. The van der Waals surface area contributed by atoms with Gasteiger partial charge in [0, 0.05) is 6.54 Å². The highest BCUT2D eigenvalue weighted by molar-refractivity contribution is 5.70. The maximum absolute atomic E-state index is 11.0. The minimum absolute atomic E-state index is 0.0128. The monoisotopic (exact) mass is 203 g/mol. The van der Waals surface area contributed by atoms with Gasteiger partial charge in [0.05, 0.1) is 13.2 Å². The van der Waals surface area contributed by atoms with Crippen molar-refractivity contribution in [1.82, 2.24) is 0 Å². The third kappa shape index (κ3) is 9.48. The van der Waals surface area contributed by atoms with Crippen LogP contribution in [0.1, 0.15) is 26.7 Å². The largest absolute Gasteiger partial charge is 0.464 e. The Bertz CT molecular complexity index is 148. The number of rotatable bonds is 8. The minimum atomic E-state index is -0.304. The normalized spacial score (nSPS) is 10.6. The second kappa shape index (κ2) is 8.97. The van der Waals surface area contributed by atoms with Crippen LogP contribution >= 0.6 is 0 Å². The van der Waals surface area contributed by atoms with Crippen LogP contribution in [0, 0.1) is 5.92 Å². The molecule has 0 fully saturated rings. The molecule has 0 atom stereocenters. The van der Waals surface area contributed by atoms with Gasteiger partial charge in [-0.2, -0.15) is 0 Å². The van der Waals surface area contributed by atoms with Crippen LogP contribution in [-0.2, 0) is 14.3 Å². The summed E-state index contributed by atoms with van der Waals surface area (Å²) in [6.45, 7) is 5.63. The topological polar surface area (TPSA) is 61.5 Å². The average Bonchev–Trinajstić information content (AvgIpc) is 2.13. The maximum Gasteiger partial charge on any atom is 0.332 e. The molecular formula is C10H21NO3. The molecule has 0 bridgehead atoms. The molecule has 0 rings (SSSR count). The summed E-state index contributed by atoms with van der Waals surface area (Å²) in [7, 11) is 0. The Balaban J connectivity index is 3.18. The van der Waals surface area contributed by atoms with Gasteiger partial charge in [0.25, 0.3) is 0 Å². The molecule has 0 saturated carbocycles. The third-order valence-corrected chi connectivity index (χ3v) is 1.67. The van der Waals surface area contributed by atoms with Gasteiger partial charge in [-0.25, -0.2) is 4.79 Å². The number of ether oxygens (including phenoxy) is 2. The SMILES string of the molecule is CC(C)CCCOC(=O)COCCN. The lowest BCUT2D eigenvalue weighted by Gasteiger charge is -2.06. The Morgan fingerprint density at radius 3 is 2.64 bits per heavy atom. The molecule has 14 heavy (non-hydrogen) atoms. The Hall–Kier alpha value is -0.610. The molecule has 0 amide bonds. The van der Waals surface area contributed by atoms with E-state index in [1.54, 1.807) is 0 Å². The molecule has 84 valence electrons. The highest BCUT2D eigenvalue weighted by Gasteiger charge is 2.02. The third-order valence-electron chi connectivity index (χ3n) is 1.67. The fourth-order valence-corrected chi connectivity index (χ4v) is 0.958. The number of hydrogen-bond donors (Lipinski definition) is 1. The van der Waals surface area contributed by atoms with Crippen molar-refractivity contribution in [3.05, 3.63) is 0 Å². The number of carbonyl (C=O) groups is 1. The number of esters is 1. The lowest BCUT2D eigenvalue weighted by Crippen LogP contribution is -2.17. The van der Waals surface area contributed by atoms with Gasteiger partial charge in [-0.05, 0) is 18.8 Å². The van der Waals surface area contributed by atoms with Crippen molar-refractivity contribution in [2.45, 2.75) is 26.7 Å². The molecule has 0 aromatic carbocycles. The highest BCUT2D eigenvalue weighted by atomic mass is 16.6. The first-order valence-electron chi connectivity index (χ1n) is 5.10. The van der Waals surface area contributed by atoms with E-state index in [4.69, 9.17) is 15.2 Å². The van der Waals surface area contributed by atoms with Crippen molar-refractivity contribution in [3.63, 3.8) is 0 Å². The van der Waals surface area contributed by atoms with Gasteiger partial charge < -0.3 is 15.2 Å². The zero-order valence-electron chi connectivity index (χ0n) is 9.12. The summed E-state index contributed by atoms with van der Waals surface area (Å²) in [5, 5.41) is 0. The number of hydrogen-bond acceptors (Lipinski definition) is 4. The molecule has 0 saturated heterocycles. The maximum atomic E-state index is 11.0. The van der Waals surface area contributed by atoms with Crippen LogP contribution in [0.15, 0.2) is 0 Å². The predicted molar refractivity (Wildman–Crippen MR) is 54.9 cm³/mol. The molecule has 0 heterocycles. The minimum Gasteiger partial charge on any atom is -0.464 e. The number of carbonyl (C=O) groups excluding carboxylic acids is 1. The van der Waals surface area contributed by atoms with E-state index in [-0.39, 0.29) is 12.6 Å².